The zero-order chi connectivity index (χ0) is 12.4. The standard InChI is InChI=1S/C13H17N3O/c1-9-11(8-14-3)10(2)16(15-9)12-6-4-5-7-13(12)17/h4-7,14,17H,8H2,1-3H3. The predicted molar refractivity (Wildman–Crippen MR) is 67.5 cm³/mol. The molecule has 17 heavy (non-hydrogen) atoms. The molecule has 0 saturated heterocycles. The summed E-state index contributed by atoms with van der Waals surface area (Å²) in [5, 5.41) is 17.4. The van der Waals surface area contributed by atoms with Gasteiger partial charge in [-0.2, -0.15) is 5.10 Å². The van der Waals surface area contributed by atoms with Gasteiger partial charge in [0.2, 0.25) is 0 Å². The normalized spacial score (nSPS) is 10.8. The Labute approximate surface area is 101 Å². The highest BCUT2D eigenvalue weighted by Gasteiger charge is 2.13. The van der Waals surface area contributed by atoms with E-state index in [9.17, 15) is 5.11 Å². The molecule has 1 aromatic heterocycles. The average molecular weight is 231 g/mol. The molecule has 90 valence electrons. The molecule has 1 heterocycles. The summed E-state index contributed by atoms with van der Waals surface area (Å²) < 4.78 is 1.79. The molecule has 0 amide bonds. The van der Waals surface area contributed by atoms with Crippen molar-refractivity contribution in [2.75, 3.05) is 7.05 Å². The van der Waals surface area contributed by atoms with Crippen LogP contribution in [0.5, 0.6) is 5.75 Å². The largest absolute Gasteiger partial charge is 0.506 e. The van der Waals surface area contributed by atoms with E-state index in [2.05, 4.69) is 10.4 Å². The van der Waals surface area contributed by atoms with Crippen molar-refractivity contribution in [1.29, 1.82) is 0 Å². The first kappa shape index (κ1) is 11.7. The Hall–Kier alpha value is -1.81. The van der Waals surface area contributed by atoms with E-state index in [1.807, 2.05) is 33.0 Å². The minimum absolute atomic E-state index is 0.245. The number of aromatic nitrogens is 2. The van der Waals surface area contributed by atoms with Crippen LogP contribution in [0.15, 0.2) is 24.3 Å². The Morgan fingerprint density at radius 2 is 2.00 bits per heavy atom. The Bertz CT molecular complexity index is 531. The summed E-state index contributed by atoms with van der Waals surface area (Å²) in [4.78, 5) is 0. The highest BCUT2D eigenvalue weighted by Crippen LogP contribution is 2.24. The summed E-state index contributed by atoms with van der Waals surface area (Å²) >= 11 is 0. The Morgan fingerprint density at radius 1 is 1.29 bits per heavy atom. The van der Waals surface area contributed by atoms with Crippen LogP contribution >= 0.6 is 0 Å². The maximum atomic E-state index is 9.84. The number of hydrogen-bond acceptors (Lipinski definition) is 3. The van der Waals surface area contributed by atoms with Gasteiger partial charge in [0.25, 0.3) is 0 Å². The van der Waals surface area contributed by atoms with Crippen molar-refractivity contribution in [2.45, 2.75) is 20.4 Å². The summed E-state index contributed by atoms with van der Waals surface area (Å²) in [5.74, 6) is 0.245. The molecular formula is C13H17N3O. The maximum Gasteiger partial charge on any atom is 0.141 e. The summed E-state index contributed by atoms with van der Waals surface area (Å²) in [5.41, 5.74) is 3.93. The van der Waals surface area contributed by atoms with Crippen molar-refractivity contribution in [3.8, 4) is 11.4 Å². The number of nitrogens with one attached hydrogen (secondary N) is 1. The Kier molecular flexibility index (Phi) is 3.15. The van der Waals surface area contributed by atoms with Crippen molar-refractivity contribution >= 4 is 0 Å². The van der Waals surface area contributed by atoms with Crippen LogP contribution in [0, 0.1) is 13.8 Å². The van der Waals surface area contributed by atoms with Crippen LogP contribution in [0.3, 0.4) is 0 Å². The van der Waals surface area contributed by atoms with E-state index >= 15 is 0 Å². The molecule has 0 aliphatic rings. The second-order valence-corrected chi connectivity index (χ2v) is 4.08. The number of benzene rings is 1. The Morgan fingerprint density at radius 3 is 2.65 bits per heavy atom. The van der Waals surface area contributed by atoms with Crippen molar-refractivity contribution in [3.05, 3.63) is 41.2 Å². The molecular weight excluding hydrogens is 214 g/mol. The quantitative estimate of drug-likeness (QED) is 0.848. The van der Waals surface area contributed by atoms with Crippen molar-refractivity contribution < 1.29 is 5.11 Å². The summed E-state index contributed by atoms with van der Waals surface area (Å²) in [6.07, 6.45) is 0. The molecule has 0 atom stereocenters. The van der Waals surface area contributed by atoms with Gasteiger partial charge in [-0.15, -0.1) is 0 Å². The third-order valence-electron chi connectivity index (χ3n) is 2.90. The van der Waals surface area contributed by atoms with Crippen LogP contribution in [0.25, 0.3) is 5.69 Å². The second kappa shape index (κ2) is 4.59. The first-order chi connectivity index (χ1) is 8.15. The van der Waals surface area contributed by atoms with E-state index in [0.29, 0.717) is 0 Å². The molecule has 4 nitrogen and oxygen atoms in total. The molecule has 0 fully saturated rings. The van der Waals surface area contributed by atoms with Gasteiger partial charge in [-0.3, -0.25) is 0 Å². The number of hydrogen-bond donors (Lipinski definition) is 2. The minimum atomic E-state index is 0.245. The Balaban J connectivity index is 2.54. The van der Waals surface area contributed by atoms with Crippen LogP contribution in [0.2, 0.25) is 0 Å². The van der Waals surface area contributed by atoms with E-state index < -0.39 is 0 Å². The minimum Gasteiger partial charge on any atom is -0.506 e. The smallest absolute Gasteiger partial charge is 0.141 e. The highest BCUT2D eigenvalue weighted by atomic mass is 16.3. The molecule has 2 rings (SSSR count). The number of phenolic OH excluding ortho intramolecular Hbond substituents is 1. The highest BCUT2D eigenvalue weighted by molar-refractivity contribution is 5.47. The van der Waals surface area contributed by atoms with Crippen LogP contribution in [-0.4, -0.2) is 21.9 Å². The lowest BCUT2D eigenvalue weighted by Crippen LogP contribution is -2.07. The lowest BCUT2D eigenvalue weighted by atomic mass is 10.2. The van der Waals surface area contributed by atoms with Crippen LogP contribution in [-0.2, 0) is 6.54 Å². The van der Waals surface area contributed by atoms with Crippen molar-refractivity contribution in [2.24, 2.45) is 0 Å². The number of rotatable bonds is 3. The fourth-order valence-electron chi connectivity index (χ4n) is 1.99. The van der Waals surface area contributed by atoms with E-state index in [1.165, 1.54) is 5.56 Å². The number of nitrogens with zero attached hydrogens (tertiary/aromatic N) is 2. The molecule has 2 N–H and O–H groups in total. The monoisotopic (exact) mass is 231 g/mol. The number of para-hydroxylation sites is 2. The van der Waals surface area contributed by atoms with E-state index in [0.717, 1.165) is 23.6 Å². The summed E-state index contributed by atoms with van der Waals surface area (Å²) in [6, 6.07) is 7.23. The van der Waals surface area contributed by atoms with Gasteiger partial charge in [-0.1, -0.05) is 12.1 Å². The molecule has 0 spiro atoms. The third kappa shape index (κ3) is 2.03. The van der Waals surface area contributed by atoms with Crippen LogP contribution in [0.4, 0.5) is 0 Å². The SMILES string of the molecule is CNCc1c(C)nn(-c2ccccc2O)c1C. The van der Waals surface area contributed by atoms with Gasteiger partial charge < -0.3 is 10.4 Å². The van der Waals surface area contributed by atoms with Crippen LogP contribution in [0.1, 0.15) is 17.0 Å². The number of phenols is 1. The summed E-state index contributed by atoms with van der Waals surface area (Å²) in [6.45, 7) is 4.78. The fourth-order valence-corrected chi connectivity index (χ4v) is 1.99. The number of aromatic hydroxyl groups is 1. The molecule has 0 aliphatic heterocycles. The van der Waals surface area contributed by atoms with E-state index in [1.54, 1.807) is 16.8 Å². The van der Waals surface area contributed by atoms with Crippen molar-refractivity contribution in [1.82, 2.24) is 15.1 Å². The van der Waals surface area contributed by atoms with Gasteiger partial charge in [-0.05, 0) is 33.0 Å². The van der Waals surface area contributed by atoms with Gasteiger partial charge in [0.05, 0.1) is 5.69 Å². The molecule has 0 bridgehead atoms. The maximum absolute atomic E-state index is 9.84. The fraction of sp³-hybridized carbons (Fsp3) is 0.308. The molecule has 1 aromatic carbocycles. The van der Waals surface area contributed by atoms with Gasteiger partial charge in [0.15, 0.2) is 0 Å². The zero-order valence-corrected chi connectivity index (χ0v) is 10.4. The number of aryl methyl sites for hydroxylation is 1. The summed E-state index contributed by atoms with van der Waals surface area (Å²) in [7, 11) is 1.91. The first-order valence-corrected chi connectivity index (χ1v) is 5.63. The molecule has 4 heteroatoms. The van der Waals surface area contributed by atoms with Crippen molar-refractivity contribution in [3.63, 3.8) is 0 Å². The molecule has 0 radical (unpaired) electrons. The van der Waals surface area contributed by atoms with Gasteiger partial charge >= 0.3 is 0 Å². The molecule has 0 unspecified atom stereocenters. The zero-order valence-electron chi connectivity index (χ0n) is 10.4. The second-order valence-electron chi connectivity index (χ2n) is 4.08. The van der Waals surface area contributed by atoms with Gasteiger partial charge in [0.1, 0.15) is 11.4 Å². The first-order valence-electron chi connectivity index (χ1n) is 5.63. The topological polar surface area (TPSA) is 50.1 Å². The van der Waals surface area contributed by atoms with Crippen LogP contribution < -0.4 is 5.32 Å². The lowest BCUT2D eigenvalue weighted by molar-refractivity contribution is 0.470. The molecule has 0 aliphatic carbocycles. The van der Waals surface area contributed by atoms with Gasteiger partial charge in [-0.25, -0.2) is 4.68 Å². The van der Waals surface area contributed by atoms with E-state index in [4.69, 9.17) is 0 Å². The lowest BCUT2D eigenvalue weighted by Gasteiger charge is -2.07. The van der Waals surface area contributed by atoms with Gasteiger partial charge in [0, 0.05) is 17.8 Å². The molecule has 0 saturated carbocycles. The predicted octanol–water partition coefficient (Wildman–Crippen LogP) is 1.91. The van der Waals surface area contributed by atoms with E-state index in [-0.39, 0.29) is 5.75 Å². The molecule has 2 aromatic rings. The third-order valence-corrected chi connectivity index (χ3v) is 2.90. The average Bonchev–Trinajstić information content (AvgIpc) is 2.58.